The van der Waals surface area contributed by atoms with Gasteiger partial charge in [-0.15, -0.1) is 0 Å². The van der Waals surface area contributed by atoms with Gasteiger partial charge in [-0.25, -0.2) is 0 Å². The van der Waals surface area contributed by atoms with Crippen LogP contribution >= 0.6 is 0 Å². The van der Waals surface area contributed by atoms with Crippen molar-refractivity contribution in [1.82, 2.24) is 0 Å². The molecule has 1 rings (SSSR count). The molecular weight excluding hydrogens is 157 g/mol. The van der Waals surface area contributed by atoms with Gasteiger partial charge in [-0.1, -0.05) is 0 Å². The van der Waals surface area contributed by atoms with Gasteiger partial charge in [-0.2, -0.15) is 0 Å². The number of rotatable bonds is 2. The van der Waals surface area contributed by atoms with Gasteiger partial charge in [0.25, 0.3) is 0 Å². The molecule has 0 radical (unpaired) electrons. The van der Waals surface area contributed by atoms with E-state index in [0.717, 1.165) is 0 Å². The van der Waals surface area contributed by atoms with Crippen LogP contribution in [0.25, 0.3) is 0 Å². The Balaban J connectivity index is 2.06. The molecule has 0 aromatic heterocycles. The van der Waals surface area contributed by atoms with Crippen molar-refractivity contribution in [2.45, 2.75) is 41.9 Å². The summed E-state index contributed by atoms with van der Waals surface area (Å²) in [6.45, 7) is 2.34. The van der Waals surface area contributed by atoms with Crippen LogP contribution in [-0.2, 0) is 0 Å². The van der Waals surface area contributed by atoms with Crippen molar-refractivity contribution in [3.8, 4) is 0 Å². The van der Waals surface area contributed by atoms with E-state index < -0.39 is 14.3 Å². The minimum absolute atomic E-state index is 0.498. The average molecular weight is 173 g/mol. The van der Waals surface area contributed by atoms with Gasteiger partial charge in [0.2, 0.25) is 0 Å². The Morgan fingerprint density at radius 3 is 2.38 bits per heavy atom. The van der Waals surface area contributed by atoms with Gasteiger partial charge in [0.05, 0.1) is 0 Å². The first kappa shape index (κ1) is 6.66. The van der Waals surface area contributed by atoms with Crippen LogP contribution in [0.15, 0.2) is 0 Å². The van der Waals surface area contributed by atoms with Crippen LogP contribution in [0, 0.1) is 0 Å². The van der Waals surface area contributed by atoms with E-state index >= 15 is 0 Å². The van der Waals surface area contributed by atoms with Gasteiger partial charge in [0.1, 0.15) is 0 Å². The fraction of sp³-hybridized carbons (Fsp3) is 1.00. The molecule has 0 aromatic rings. The summed E-state index contributed by atoms with van der Waals surface area (Å²) < 4.78 is 0. The summed E-state index contributed by atoms with van der Waals surface area (Å²) in [7, 11) is 0. The van der Waals surface area contributed by atoms with Crippen molar-refractivity contribution >= 4 is 14.3 Å². The molecule has 1 fully saturated rings. The third-order valence-electron chi connectivity index (χ3n) is 2.17. The zero-order valence-corrected chi connectivity index (χ0v) is 8.24. The van der Waals surface area contributed by atoms with Gasteiger partial charge in [0, 0.05) is 0 Å². The number of hydrogen-bond donors (Lipinski definition) is 0. The van der Waals surface area contributed by atoms with Crippen LogP contribution in [0.1, 0.15) is 26.2 Å². The van der Waals surface area contributed by atoms with E-state index in [1.165, 1.54) is 6.42 Å². The zero-order chi connectivity index (χ0) is 5.82. The van der Waals surface area contributed by atoms with Crippen molar-refractivity contribution < 1.29 is 0 Å². The molecule has 1 heteroatoms. The second-order valence-corrected chi connectivity index (χ2v) is 10.2. The van der Waals surface area contributed by atoms with E-state index in [2.05, 4.69) is 6.92 Å². The normalized spacial score (nSPS) is 22.1. The van der Waals surface area contributed by atoms with Gasteiger partial charge < -0.3 is 0 Å². The van der Waals surface area contributed by atoms with Gasteiger partial charge in [-0.05, 0) is 0 Å². The summed E-state index contributed by atoms with van der Waals surface area (Å²) in [5.74, 6) is 0. The topological polar surface area (TPSA) is 0 Å². The molecule has 1 aliphatic rings. The van der Waals surface area contributed by atoms with E-state index in [0.29, 0.717) is 0 Å². The fourth-order valence-electron chi connectivity index (χ4n) is 1.71. The summed E-state index contributed by atoms with van der Waals surface area (Å²) in [6, 6.07) is 0. The first-order chi connectivity index (χ1) is 3.93. The molecule has 8 heavy (non-hydrogen) atoms. The molecule has 0 unspecified atom stereocenters. The summed E-state index contributed by atoms with van der Waals surface area (Å²) in [5, 5.41) is 5.09. The van der Waals surface area contributed by atoms with Crippen LogP contribution < -0.4 is 0 Å². The standard InChI is InChI=1S/C7H16Ge/c1-2-5-8-6-3-4-7-8/h8H,2-7H2,1H3. The Labute approximate surface area is 56.8 Å². The molecule has 0 N–H and O–H groups in total. The molecule has 0 aromatic carbocycles. The fourth-order valence-corrected chi connectivity index (χ4v) is 8.87. The molecule has 1 aliphatic heterocycles. The molecule has 0 spiro atoms. The second-order valence-electron chi connectivity index (χ2n) is 2.94. The Morgan fingerprint density at radius 2 is 1.88 bits per heavy atom. The minimum atomic E-state index is -0.498. The summed E-state index contributed by atoms with van der Waals surface area (Å²) in [5.41, 5.74) is 0. The zero-order valence-electron chi connectivity index (χ0n) is 5.82. The summed E-state index contributed by atoms with van der Waals surface area (Å²) in [4.78, 5) is 0. The van der Waals surface area contributed by atoms with Crippen LogP contribution in [-0.4, -0.2) is 14.3 Å². The first-order valence-electron chi connectivity index (χ1n) is 3.93. The van der Waals surface area contributed by atoms with Crippen molar-refractivity contribution in [2.75, 3.05) is 0 Å². The monoisotopic (exact) mass is 174 g/mol. The van der Waals surface area contributed by atoms with Crippen LogP contribution in [0.3, 0.4) is 0 Å². The Morgan fingerprint density at radius 1 is 1.25 bits per heavy atom. The predicted octanol–water partition coefficient (Wildman–Crippen LogP) is 2.42. The second kappa shape index (κ2) is 3.55. The first-order valence-corrected chi connectivity index (χ1v) is 9.07. The third kappa shape index (κ3) is 1.81. The van der Waals surface area contributed by atoms with Crippen molar-refractivity contribution in [3.05, 3.63) is 0 Å². The molecular formula is C7H16Ge. The van der Waals surface area contributed by atoms with Crippen LogP contribution in [0.5, 0.6) is 0 Å². The molecule has 0 nitrogen and oxygen atoms in total. The van der Waals surface area contributed by atoms with Crippen LogP contribution in [0.2, 0.25) is 15.8 Å². The molecule has 0 amide bonds. The van der Waals surface area contributed by atoms with Crippen molar-refractivity contribution in [3.63, 3.8) is 0 Å². The third-order valence-corrected chi connectivity index (χ3v) is 10.2. The quantitative estimate of drug-likeness (QED) is 0.562. The molecule has 48 valence electrons. The van der Waals surface area contributed by atoms with Gasteiger partial charge in [0.15, 0.2) is 0 Å². The predicted molar refractivity (Wildman–Crippen MR) is 41.1 cm³/mol. The maximum absolute atomic E-state index is 2.34. The molecule has 1 heterocycles. The van der Waals surface area contributed by atoms with Crippen molar-refractivity contribution in [1.29, 1.82) is 0 Å². The molecule has 0 bridgehead atoms. The Hall–Kier alpha value is 0.543. The maximum atomic E-state index is 2.34. The summed E-state index contributed by atoms with van der Waals surface area (Å²) in [6.07, 6.45) is 4.65. The SMILES string of the molecule is CC[CH2][GeH]1[CH2]CC[CH2]1. The van der Waals surface area contributed by atoms with Crippen molar-refractivity contribution in [2.24, 2.45) is 0 Å². The molecule has 0 aliphatic carbocycles. The molecule has 0 saturated carbocycles. The number of hydrogen-bond acceptors (Lipinski definition) is 0. The van der Waals surface area contributed by atoms with Gasteiger partial charge >= 0.3 is 56.3 Å². The van der Waals surface area contributed by atoms with Crippen LogP contribution in [0.4, 0.5) is 0 Å². The van der Waals surface area contributed by atoms with E-state index in [4.69, 9.17) is 0 Å². The average Bonchev–Trinajstić information content (AvgIpc) is 2.19. The Kier molecular flexibility index (Phi) is 2.95. The molecule has 1 saturated heterocycles. The Bertz CT molecular complexity index is 55.4. The van der Waals surface area contributed by atoms with E-state index in [9.17, 15) is 0 Å². The van der Waals surface area contributed by atoms with Gasteiger partial charge in [-0.3, -0.25) is 0 Å². The van der Waals surface area contributed by atoms with E-state index in [-0.39, 0.29) is 0 Å². The van der Waals surface area contributed by atoms with E-state index in [1.54, 1.807) is 28.6 Å². The summed E-state index contributed by atoms with van der Waals surface area (Å²) >= 11 is -0.498. The van der Waals surface area contributed by atoms with E-state index in [1.807, 2.05) is 0 Å². The molecule has 0 atom stereocenters.